The topological polar surface area (TPSA) is 60.4 Å². The summed E-state index contributed by atoms with van der Waals surface area (Å²) in [7, 11) is 0. The highest BCUT2D eigenvalue weighted by Crippen LogP contribution is 2.38. The zero-order valence-corrected chi connectivity index (χ0v) is 12.9. The van der Waals surface area contributed by atoms with Gasteiger partial charge in [-0.15, -0.1) is 0 Å². The number of ether oxygens (including phenoxy) is 1. The molecule has 1 saturated carbocycles. The molecular formula is C16H26O4. The van der Waals surface area contributed by atoms with Crippen molar-refractivity contribution in [1.29, 1.82) is 0 Å². The number of carbonyl (C=O) groups is 3. The molecule has 1 unspecified atom stereocenters. The summed E-state index contributed by atoms with van der Waals surface area (Å²) in [5, 5.41) is 0. The van der Waals surface area contributed by atoms with Crippen molar-refractivity contribution >= 4 is 17.5 Å². The fourth-order valence-electron chi connectivity index (χ4n) is 2.62. The number of hydrogen-bond donors (Lipinski definition) is 0. The maximum atomic E-state index is 12.4. The van der Waals surface area contributed by atoms with Gasteiger partial charge in [0.15, 0.2) is 0 Å². The van der Waals surface area contributed by atoms with Gasteiger partial charge in [0.1, 0.15) is 17.0 Å². The lowest BCUT2D eigenvalue weighted by Gasteiger charge is -2.29. The highest BCUT2D eigenvalue weighted by Gasteiger charge is 2.46. The molecule has 1 atom stereocenters. The summed E-state index contributed by atoms with van der Waals surface area (Å²) in [6.45, 7) is 5.75. The van der Waals surface area contributed by atoms with Gasteiger partial charge in [-0.2, -0.15) is 0 Å². The Hall–Kier alpha value is -1.19. The minimum Gasteiger partial charge on any atom is -0.465 e. The molecule has 1 rings (SSSR count). The van der Waals surface area contributed by atoms with Gasteiger partial charge in [0, 0.05) is 12.8 Å². The second kappa shape index (κ2) is 7.55. The number of Topliss-reactive ketones (excluding diaryl/α,β-unsaturated/α-hetero) is 2. The molecular weight excluding hydrogens is 256 g/mol. The Morgan fingerprint density at radius 2 is 1.95 bits per heavy atom. The lowest BCUT2D eigenvalue weighted by Crippen LogP contribution is -2.41. The van der Waals surface area contributed by atoms with Gasteiger partial charge in [-0.1, -0.05) is 26.7 Å². The number of ketones is 2. The van der Waals surface area contributed by atoms with Crippen molar-refractivity contribution in [3.8, 4) is 0 Å². The average Bonchev–Trinajstić information content (AvgIpc) is 2.56. The summed E-state index contributed by atoms with van der Waals surface area (Å²) in [5.41, 5.74) is -1.07. The maximum Gasteiger partial charge on any atom is 0.319 e. The van der Waals surface area contributed by atoms with E-state index in [0.717, 1.165) is 19.3 Å². The van der Waals surface area contributed by atoms with E-state index < -0.39 is 11.4 Å². The molecule has 1 aliphatic rings. The Morgan fingerprint density at radius 3 is 2.55 bits per heavy atom. The van der Waals surface area contributed by atoms with Gasteiger partial charge in [-0.3, -0.25) is 9.59 Å². The Balaban J connectivity index is 2.88. The van der Waals surface area contributed by atoms with Crippen LogP contribution in [0.2, 0.25) is 0 Å². The molecule has 20 heavy (non-hydrogen) atoms. The summed E-state index contributed by atoms with van der Waals surface area (Å²) in [4.78, 5) is 36.1. The van der Waals surface area contributed by atoms with E-state index in [2.05, 4.69) is 0 Å². The first-order chi connectivity index (χ1) is 9.38. The summed E-state index contributed by atoms with van der Waals surface area (Å²) in [6, 6.07) is 0. The largest absolute Gasteiger partial charge is 0.465 e. The number of esters is 1. The van der Waals surface area contributed by atoms with Gasteiger partial charge >= 0.3 is 5.97 Å². The quantitative estimate of drug-likeness (QED) is 0.427. The van der Waals surface area contributed by atoms with Crippen LogP contribution in [0.4, 0.5) is 0 Å². The fraction of sp³-hybridized carbons (Fsp3) is 0.812. The zero-order valence-electron chi connectivity index (χ0n) is 12.9. The first kappa shape index (κ1) is 16.9. The van der Waals surface area contributed by atoms with E-state index in [1.165, 1.54) is 6.92 Å². The van der Waals surface area contributed by atoms with Crippen LogP contribution in [0, 0.1) is 11.3 Å². The molecule has 0 aromatic rings. The molecule has 1 aliphatic carbocycles. The lowest BCUT2D eigenvalue weighted by molar-refractivity contribution is -0.162. The molecule has 0 aromatic heterocycles. The van der Waals surface area contributed by atoms with E-state index in [4.69, 9.17) is 4.74 Å². The molecule has 0 saturated heterocycles. The van der Waals surface area contributed by atoms with Crippen LogP contribution in [0.3, 0.4) is 0 Å². The molecule has 4 heteroatoms. The van der Waals surface area contributed by atoms with Crippen molar-refractivity contribution in [3.63, 3.8) is 0 Å². The zero-order chi connectivity index (χ0) is 15.2. The van der Waals surface area contributed by atoms with Crippen LogP contribution in [-0.2, 0) is 19.1 Å². The first-order valence-corrected chi connectivity index (χ1v) is 7.58. The van der Waals surface area contributed by atoms with E-state index >= 15 is 0 Å². The van der Waals surface area contributed by atoms with Gasteiger partial charge in [0.25, 0.3) is 0 Å². The lowest BCUT2D eigenvalue weighted by atomic mass is 9.75. The van der Waals surface area contributed by atoms with Crippen LogP contribution >= 0.6 is 0 Å². The van der Waals surface area contributed by atoms with Crippen molar-refractivity contribution in [2.45, 2.75) is 65.7 Å². The predicted octanol–water partition coefficient (Wildman–Crippen LogP) is 3.07. The van der Waals surface area contributed by atoms with Crippen molar-refractivity contribution < 1.29 is 19.1 Å². The standard InChI is InChI=1S/C16H26O4/c1-12(2)11-20-15(19)16(10-8-13(3)17)9-6-4-5-7-14(16)18/h12H,4-11H2,1-3H3. The van der Waals surface area contributed by atoms with Gasteiger partial charge in [-0.05, 0) is 32.1 Å². The van der Waals surface area contributed by atoms with Crippen LogP contribution in [0.15, 0.2) is 0 Å². The molecule has 0 bridgehead atoms. The van der Waals surface area contributed by atoms with E-state index in [9.17, 15) is 14.4 Å². The summed E-state index contributed by atoms with van der Waals surface area (Å²) in [5.74, 6) is -0.202. The molecule has 0 aliphatic heterocycles. The third-order valence-corrected chi connectivity index (χ3v) is 3.88. The molecule has 0 amide bonds. The van der Waals surface area contributed by atoms with Gasteiger partial charge in [0.05, 0.1) is 6.61 Å². The third-order valence-electron chi connectivity index (χ3n) is 3.88. The molecule has 1 fully saturated rings. The minimum absolute atomic E-state index is 0.0121. The highest BCUT2D eigenvalue weighted by atomic mass is 16.5. The normalized spacial score (nSPS) is 23.5. The molecule has 0 aromatic carbocycles. The minimum atomic E-state index is -1.07. The Labute approximate surface area is 121 Å². The molecule has 114 valence electrons. The highest BCUT2D eigenvalue weighted by molar-refractivity contribution is 6.04. The van der Waals surface area contributed by atoms with Crippen LogP contribution in [0.5, 0.6) is 0 Å². The number of hydrogen-bond acceptors (Lipinski definition) is 4. The summed E-state index contributed by atoms with van der Waals surface area (Å²) >= 11 is 0. The van der Waals surface area contributed by atoms with Crippen molar-refractivity contribution in [2.24, 2.45) is 11.3 Å². The molecule has 0 radical (unpaired) electrons. The second-order valence-corrected chi connectivity index (χ2v) is 6.26. The first-order valence-electron chi connectivity index (χ1n) is 7.58. The predicted molar refractivity (Wildman–Crippen MR) is 76.2 cm³/mol. The van der Waals surface area contributed by atoms with Gasteiger partial charge < -0.3 is 9.53 Å². The maximum absolute atomic E-state index is 12.4. The molecule has 0 heterocycles. The Kier molecular flexibility index (Phi) is 6.37. The van der Waals surface area contributed by atoms with E-state index in [1.807, 2.05) is 13.8 Å². The van der Waals surface area contributed by atoms with E-state index in [0.29, 0.717) is 25.9 Å². The SMILES string of the molecule is CC(=O)CCC1(C(=O)OCC(C)C)CCCCCC1=O. The monoisotopic (exact) mass is 282 g/mol. The van der Waals surface area contributed by atoms with Crippen LogP contribution in [-0.4, -0.2) is 24.1 Å². The van der Waals surface area contributed by atoms with Gasteiger partial charge in [-0.25, -0.2) is 0 Å². The summed E-state index contributed by atoms with van der Waals surface area (Å²) in [6.07, 6.45) is 4.16. The third kappa shape index (κ3) is 4.43. The van der Waals surface area contributed by atoms with E-state index in [1.54, 1.807) is 0 Å². The fourth-order valence-corrected chi connectivity index (χ4v) is 2.62. The van der Waals surface area contributed by atoms with Crippen molar-refractivity contribution in [3.05, 3.63) is 0 Å². The van der Waals surface area contributed by atoms with Crippen molar-refractivity contribution in [2.75, 3.05) is 6.61 Å². The smallest absolute Gasteiger partial charge is 0.319 e. The van der Waals surface area contributed by atoms with Gasteiger partial charge in [0.2, 0.25) is 0 Å². The molecule has 0 spiro atoms. The van der Waals surface area contributed by atoms with Crippen LogP contribution in [0.25, 0.3) is 0 Å². The van der Waals surface area contributed by atoms with E-state index in [-0.39, 0.29) is 23.9 Å². The average molecular weight is 282 g/mol. The Morgan fingerprint density at radius 1 is 1.25 bits per heavy atom. The number of carbonyl (C=O) groups excluding carboxylic acids is 3. The summed E-state index contributed by atoms with van der Waals surface area (Å²) < 4.78 is 5.33. The van der Waals surface area contributed by atoms with Crippen LogP contribution in [0.1, 0.15) is 65.7 Å². The molecule has 4 nitrogen and oxygen atoms in total. The molecule has 0 N–H and O–H groups in total. The Bertz CT molecular complexity index is 373. The second-order valence-electron chi connectivity index (χ2n) is 6.26. The van der Waals surface area contributed by atoms with Crippen LogP contribution < -0.4 is 0 Å². The number of rotatable bonds is 6. The van der Waals surface area contributed by atoms with Crippen molar-refractivity contribution in [1.82, 2.24) is 0 Å².